The van der Waals surface area contributed by atoms with E-state index in [0.717, 1.165) is 22.5 Å². The summed E-state index contributed by atoms with van der Waals surface area (Å²) in [5.74, 6) is -0.947. The van der Waals surface area contributed by atoms with Crippen LogP contribution in [-0.2, 0) is 4.74 Å². The Morgan fingerprint density at radius 2 is 1.70 bits per heavy atom. The standard InChI is InChI=1S/C22H17N3O4S/c1-2-28-21(27)19-18(15-11-7-4-8-12-15)23-22(30-19)24-20(26)17-13-16(25-29-17)14-9-5-3-6-10-14/h3-13H,2H2,1H3,(H,23,24,26). The highest BCUT2D eigenvalue weighted by Crippen LogP contribution is 2.32. The molecule has 0 aliphatic rings. The summed E-state index contributed by atoms with van der Waals surface area (Å²) in [5, 5.41) is 6.89. The number of thiazole rings is 1. The fourth-order valence-corrected chi connectivity index (χ4v) is 3.66. The second-order valence-corrected chi connectivity index (χ2v) is 7.18. The van der Waals surface area contributed by atoms with Crippen molar-refractivity contribution in [2.75, 3.05) is 11.9 Å². The number of carbonyl (C=O) groups is 2. The van der Waals surface area contributed by atoms with Crippen molar-refractivity contribution in [2.24, 2.45) is 0 Å². The van der Waals surface area contributed by atoms with Crippen LogP contribution in [0.1, 0.15) is 27.2 Å². The molecule has 0 aliphatic carbocycles. The van der Waals surface area contributed by atoms with Crippen LogP contribution in [0, 0.1) is 0 Å². The molecule has 7 nitrogen and oxygen atoms in total. The Hall–Kier alpha value is -3.78. The highest BCUT2D eigenvalue weighted by molar-refractivity contribution is 7.18. The Kier molecular flexibility index (Phi) is 5.67. The fraction of sp³-hybridized carbons (Fsp3) is 0.0909. The van der Waals surface area contributed by atoms with Gasteiger partial charge in [0.05, 0.1) is 12.3 Å². The van der Waals surface area contributed by atoms with Gasteiger partial charge in [0, 0.05) is 17.2 Å². The Labute approximate surface area is 176 Å². The Morgan fingerprint density at radius 1 is 1.03 bits per heavy atom. The normalized spacial score (nSPS) is 10.6. The number of ether oxygens (including phenoxy) is 1. The Morgan fingerprint density at radius 3 is 2.37 bits per heavy atom. The van der Waals surface area contributed by atoms with Crippen LogP contribution < -0.4 is 5.32 Å². The number of benzene rings is 2. The van der Waals surface area contributed by atoms with Crippen molar-refractivity contribution < 1.29 is 18.8 Å². The maximum absolute atomic E-state index is 12.6. The van der Waals surface area contributed by atoms with Gasteiger partial charge < -0.3 is 9.26 Å². The van der Waals surface area contributed by atoms with Crippen molar-refractivity contribution in [2.45, 2.75) is 6.92 Å². The van der Waals surface area contributed by atoms with Gasteiger partial charge in [-0.1, -0.05) is 77.2 Å². The second-order valence-electron chi connectivity index (χ2n) is 6.18. The van der Waals surface area contributed by atoms with Crippen molar-refractivity contribution >= 4 is 28.3 Å². The van der Waals surface area contributed by atoms with Crippen LogP contribution in [0.5, 0.6) is 0 Å². The summed E-state index contributed by atoms with van der Waals surface area (Å²) in [6, 6.07) is 20.2. The van der Waals surface area contributed by atoms with E-state index in [1.165, 1.54) is 0 Å². The molecule has 4 rings (SSSR count). The highest BCUT2D eigenvalue weighted by atomic mass is 32.1. The number of carbonyl (C=O) groups excluding carboxylic acids is 2. The number of hydrogen-bond donors (Lipinski definition) is 1. The van der Waals surface area contributed by atoms with E-state index in [1.807, 2.05) is 60.7 Å². The minimum atomic E-state index is -0.506. The number of nitrogens with one attached hydrogen (secondary N) is 1. The Bertz CT molecular complexity index is 1170. The lowest BCUT2D eigenvalue weighted by Crippen LogP contribution is -2.10. The van der Waals surface area contributed by atoms with Gasteiger partial charge in [0.25, 0.3) is 5.91 Å². The van der Waals surface area contributed by atoms with Crippen molar-refractivity contribution in [3.63, 3.8) is 0 Å². The van der Waals surface area contributed by atoms with Crippen molar-refractivity contribution in [1.29, 1.82) is 0 Å². The van der Waals surface area contributed by atoms with Gasteiger partial charge in [0.2, 0.25) is 5.76 Å². The first-order valence-corrected chi connectivity index (χ1v) is 10.0. The third-order valence-electron chi connectivity index (χ3n) is 4.16. The van der Waals surface area contributed by atoms with Crippen LogP contribution in [-0.4, -0.2) is 28.6 Å². The van der Waals surface area contributed by atoms with Crippen LogP contribution in [0.4, 0.5) is 5.13 Å². The topological polar surface area (TPSA) is 94.3 Å². The highest BCUT2D eigenvalue weighted by Gasteiger charge is 2.23. The van der Waals surface area contributed by atoms with Gasteiger partial charge in [-0.05, 0) is 6.92 Å². The summed E-state index contributed by atoms with van der Waals surface area (Å²) in [6.07, 6.45) is 0. The van der Waals surface area contributed by atoms with Crippen LogP contribution in [0.25, 0.3) is 22.5 Å². The van der Waals surface area contributed by atoms with Gasteiger partial charge in [-0.25, -0.2) is 9.78 Å². The van der Waals surface area contributed by atoms with Crippen LogP contribution in [0.2, 0.25) is 0 Å². The summed E-state index contributed by atoms with van der Waals surface area (Å²) in [7, 11) is 0. The molecular formula is C22H17N3O4S. The number of esters is 1. The number of amides is 1. The molecule has 30 heavy (non-hydrogen) atoms. The molecule has 1 amide bonds. The lowest BCUT2D eigenvalue weighted by Gasteiger charge is -2.01. The summed E-state index contributed by atoms with van der Waals surface area (Å²) in [5.41, 5.74) is 2.60. The lowest BCUT2D eigenvalue weighted by molar-refractivity contribution is 0.0532. The first-order valence-electron chi connectivity index (χ1n) is 9.22. The predicted molar refractivity (Wildman–Crippen MR) is 113 cm³/mol. The third-order valence-corrected chi connectivity index (χ3v) is 5.11. The van der Waals surface area contributed by atoms with E-state index in [-0.39, 0.29) is 17.5 Å². The van der Waals surface area contributed by atoms with E-state index in [0.29, 0.717) is 16.3 Å². The molecule has 0 bridgehead atoms. The largest absolute Gasteiger partial charge is 0.462 e. The van der Waals surface area contributed by atoms with E-state index < -0.39 is 11.9 Å². The van der Waals surface area contributed by atoms with E-state index in [9.17, 15) is 9.59 Å². The molecule has 150 valence electrons. The van der Waals surface area contributed by atoms with Crippen LogP contribution in [0.3, 0.4) is 0 Å². The molecule has 0 saturated carbocycles. The number of rotatable bonds is 6. The van der Waals surface area contributed by atoms with Gasteiger partial charge in [-0.3, -0.25) is 10.1 Å². The molecular weight excluding hydrogens is 402 g/mol. The molecule has 0 saturated heterocycles. The molecule has 4 aromatic rings. The SMILES string of the molecule is CCOC(=O)c1sc(NC(=O)c2cc(-c3ccccc3)no2)nc1-c1ccccc1. The number of aromatic nitrogens is 2. The molecule has 2 aromatic heterocycles. The van der Waals surface area contributed by atoms with E-state index in [2.05, 4.69) is 15.5 Å². The first-order chi connectivity index (χ1) is 14.7. The molecule has 0 fully saturated rings. The van der Waals surface area contributed by atoms with Gasteiger partial charge >= 0.3 is 5.97 Å². The van der Waals surface area contributed by atoms with Crippen molar-refractivity contribution in [1.82, 2.24) is 10.1 Å². The zero-order valence-electron chi connectivity index (χ0n) is 16.0. The zero-order chi connectivity index (χ0) is 20.9. The summed E-state index contributed by atoms with van der Waals surface area (Å²) in [6.45, 7) is 1.98. The van der Waals surface area contributed by atoms with Gasteiger partial charge in [-0.2, -0.15) is 0 Å². The van der Waals surface area contributed by atoms with Crippen molar-refractivity contribution in [3.8, 4) is 22.5 Å². The number of hydrogen-bond acceptors (Lipinski definition) is 7. The fourth-order valence-electron chi connectivity index (χ4n) is 2.79. The van der Waals surface area contributed by atoms with Gasteiger partial charge in [0.1, 0.15) is 10.6 Å². The summed E-state index contributed by atoms with van der Waals surface area (Å²) < 4.78 is 10.3. The van der Waals surface area contributed by atoms with Crippen LogP contribution in [0.15, 0.2) is 71.3 Å². The lowest BCUT2D eigenvalue weighted by atomic mass is 10.1. The third kappa shape index (κ3) is 4.13. The zero-order valence-corrected chi connectivity index (χ0v) is 16.8. The van der Waals surface area contributed by atoms with Crippen molar-refractivity contribution in [3.05, 3.63) is 77.4 Å². The minimum Gasteiger partial charge on any atom is -0.462 e. The molecule has 2 heterocycles. The summed E-state index contributed by atoms with van der Waals surface area (Å²) >= 11 is 1.05. The van der Waals surface area contributed by atoms with Crippen LogP contribution >= 0.6 is 11.3 Å². The van der Waals surface area contributed by atoms with Gasteiger partial charge in [-0.15, -0.1) is 0 Å². The number of nitrogens with zero attached hydrogens (tertiary/aromatic N) is 2. The Balaban J connectivity index is 1.59. The van der Waals surface area contributed by atoms with E-state index in [1.54, 1.807) is 13.0 Å². The minimum absolute atomic E-state index is 0.0444. The maximum atomic E-state index is 12.6. The maximum Gasteiger partial charge on any atom is 0.350 e. The van der Waals surface area contributed by atoms with Gasteiger partial charge in [0.15, 0.2) is 5.13 Å². The molecule has 1 N–H and O–H groups in total. The average molecular weight is 419 g/mol. The van der Waals surface area contributed by atoms with E-state index >= 15 is 0 Å². The average Bonchev–Trinajstić information content (AvgIpc) is 3.43. The smallest absolute Gasteiger partial charge is 0.350 e. The first kappa shape index (κ1) is 19.5. The monoisotopic (exact) mass is 419 g/mol. The predicted octanol–water partition coefficient (Wildman–Crippen LogP) is 4.89. The van der Waals surface area contributed by atoms with E-state index in [4.69, 9.17) is 9.26 Å². The molecule has 0 unspecified atom stereocenters. The molecule has 2 aromatic carbocycles. The molecule has 0 spiro atoms. The quantitative estimate of drug-likeness (QED) is 0.447. The molecule has 0 aliphatic heterocycles. The molecule has 0 atom stereocenters. The summed E-state index contributed by atoms with van der Waals surface area (Å²) in [4.78, 5) is 29.8. The number of anilines is 1. The molecule has 0 radical (unpaired) electrons. The second kappa shape index (κ2) is 8.71. The molecule has 8 heteroatoms.